The monoisotopic (exact) mass is 324 g/mol. The van der Waals surface area contributed by atoms with Crippen LogP contribution < -0.4 is 10.6 Å². The van der Waals surface area contributed by atoms with Crippen LogP contribution in [-0.4, -0.2) is 15.3 Å². The zero-order chi connectivity index (χ0) is 16.1. The van der Waals surface area contributed by atoms with E-state index in [0.29, 0.717) is 23.4 Å². The van der Waals surface area contributed by atoms with E-state index in [-0.39, 0.29) is 0 Å². The van der Waals surface area contributed by atoms with E-state index in [1.165, 1.54) is 0 Å². The number of nitrogens with one attached hydrogen (secondary N) is 2. The molecule has 1 aromatic heterocycles. The van der Waals surface area contributed by atoms with Crippen molar-refractivity contribution in [2.45, 2.75) is 13.5 Å². The first-order chi connectivity index (χ1) is 11.2. The van der Waals surface area contributed by atoms with E-state index in [1.807, 2.05) is 61.5 Å². The molecule has 3 rings (SSSR count). The molecule has 0 amide bonds. The summed E-state index contributed by atoms with van der Waals surface area (Å²) in [5, 5.41) is 10.6. The molecule has 2 N–H and O–H groups in total. The molecule has 1 heterocycles. The molecule has 6 heteroatoms. The van der Waals surface area contributed by atoms with E-state index >= 15 is 0 Å². The van der Waals surface area contributed by atoms with Gasteiger partial charge < -0.3 is 15.2 Å². The first-order valence-electron chi connectivity index (χ1n) is 7.20. The van der Waals surface area contributed by atoms with Crippen molar-refractivity contribution in [1.82, 2.24) is 15.5 Å². The van der Waals surface area contributed by atoms with Crippen molar-refractivity contribution in [1.29, 1.82) is 0 Å². The summed E-state index contributed by atoms with van der Waals surface area (Å²) in [5.41, 5.74) is 3.01. The standard InChI is InChI=1S/C17H16N4OS/c1-12-6-5-7-13(10-12)16-20-15(22-21-16)11-18-17(23)19-14-8-3-2-4-9-14/h2-10H,11H2,1H3,(H2,18,19,23). The van der Waals surface area contributed by atoms with Gasteiger partial charge in [-0.05, 0) is 37.3 Å². The molecule has 0 aliphatic heterocycles. The molecule has 0 aliphatic rings. The van der Waals surface area contributed by atoms with Gasteiger partial charge in [-0.15, -0.1) is 0 Å². The highest BCUT2D eigenvalue weighted by molar-refractivity contribution is 7.80. The van der Waals surface area contributed by atoms with Crippen molar-refractivity contribution in [2.24, 2.45) is 0 Å². The minimum atomic E-state index is 0.373. The van der Waals surface area contributed by atoms with Crippen LogP contribution in [0.1, 0.15) is 11.5 Å². The van der Waals surface area contributed by atoms with Gasteiger partial charge in [0.1, 0.15) is 0 Å². The first kappa shape index (κ1) is 15.2. The Labute approximate surface area is 139 Å². The van der Waals surface area contributed by atoms with Crippen LogP contribution in [0.4, 0.5) is 5.69 Å². The van der Waals surface area contributed by atoms with Crippen LogP contribution in [-0.2, 0) is 6.54 Å². The van der Waals surface area contributed by atoms with Gasteiger partial charge in [-0.1, -0.05) is 47.1 Å². The number of thiocarbonyl (C=S) groups is 1. The SMILES string of the molecule is Cc1cccc(-c2noc(CNC(=S)Nc3ccccc3)n2)c1. The maximum atomic E-state index is 5.25. The van der Waals surface area contributed by atoms with Crippen molar-refractivity contribution in [3.05, 3.63) is 66.1 Å². The van der Waals surface area contributed by atoms with E-state index in [2.05, 4.69) is 20.8 Å². The first-order valence-corrected chi connectivity index (χ1v) is 7.61. The molecule has 0 spiro atoms. The summed E-state index contributed by atoms with van der Waals surface area (Å²) in [5.74, 6) is 1.06. The summed E-state index contributed by atoms with van der Waals surface area (Å²) >= 11 is 5.24. The molecule has 0 saturated heterocycles. The second-order valence-electron chi connectivity index (χ2n) is 5.05. The van der Waals surface area contributed by atoms with Gasteiger partial charge in [0.25, 0.3) is 0 Å². The molecule has 0 unspecified atom stereocenters. The fourth-order valence-corrected chi connectivity index (χ4v) is 2.27. The van der Waals surface area contributed by atoms with Crippen molar-refractivity contribution in [2.75, 3.05) is 5.32 Å². The number of rotatable bonds is 4. The number of hydrogen-bond acceptors (Lipinski definition) is 4. The molecule has 5 nitrogen and oxygen atoms in total. The average Bonchev–Trinajstić information content (AvgIpc) is 3.03. The topological polar surface area (TPSA) is 63.0 Å². The molecule has 0 aliphatic carbocycles. The highest BCUT2D eigenvalue weighted by Gasteiger charge is 2.09. The molecule has 23 heavy (non-hydrogen) atoms. The Hall–Kier alpha value is -2.73. The maximum Gasteiger partial charge on any atom is 0.246 e. The maximum absolute atomic E-state index is 5.25. The molecule has 3 aromatic rings. The third-order valence-corrected chi connectivity index (χ3v) is 3.42. The van der Waals surface area contributed by atoms with E-state index in [9.17, 15) is 0 Å². The lowest BCUT2D eigenvalue weighted by atomic mass is 10.1. The van der Waals surface area contributed by atoms with Gasteiger partial charge in [0, 0.05) is 11.3 Å². The van der Waals surface area contributed by atoms with Crippen LogP contribution in [0.15, 0.2) is 59.1 Å². The summed E-state index contributed by atoms with van der Waals surface area (Å²) in [4.78, 5) is 4.37. The number of hydrogen-bond donors (Lipinski definition) is 2. The van der Waals surface area contributed by atoms with Crippen LogP contribution in [0.25, 0.3) is 11.4 Å². The predicted molar refractivity (Wildman–Crippen MR) is 94.0 cm³/mol. The van der Waals surface area contributed by atoms with E-state index < -0.39 is 0 Å². The molecule has 0 atom stereocenters. The van der Waals surface area contributed by atoms with Crippen LogP contribution in [0.3, 0.4) is 0 Å². The molecule has 0 saturated carbocycles. The Morgan fingerprint density at radius 3 is 2.74 bits per heavy atom. The van der Waals surface area contributed by atoms with E-state index in [4.69, 9.17) is 16.7 Å². The third-order valence-electron chi connectivity index (χ3n) is 3.18. The van der Waals surface area contributed by atoms with Crippen molar-refractivity contribution < 1.29 is 4.52 Å². The number of anilines is 1. The summed E-state index contributed by atoms with van der Waals surface area (Å²) in [6.07, 6.45) is 0. The van der Waals surface area contributed by atoms with Gasteiger partial charge in [0.05, 0.1) is 6.54 Å². The lowest BCUT2D eigenvalue weighted by Crippen LogP contribution is -2.27. The fraction of sp³-hybridized carbons (Fsp3) is 0.118. The van der Waals surface area contributed by atoms with E-state index in [1.54, 1.807) is 0 Å². The number of benzene rings is 2. The minimum Gasteiger partial charge on any atom is -0.353 e. The van der Waals surface area contributed by atoms with Crippen LogP contribution >= 0.6 is 12.2 Å². The number of aryl methyl sites for hydroxylation is 1. The van der Waals surface area contributed by atoms with Crippen LogP contribution in [0, 0.1) is 6.92 Å². The summed E-state index contributed by atoms with van der Waals surface area (Å²) in [6.45, 7) is 2.40. The molecule has 0 bridgehead atoms. The molecule has 2 aromatic carbocycles. The van der Waals surface area contributed by atoms with Crippen molar-refractivity contribution >= 4 is 23.0 Å². The zero-order valence-corrected chi connectivity index (χ0v) is 13.4. The molecular formula is C17H16N4OS. The van der Waals surface area contributed by atoms with Gasteiger partial charge in [-0.3, -0.25) is 0 Å². The van der Waals surface area contributed by atoms with Gasteiger partial charge >= 0.3 is 0 Å². The Morgan fingerprint density at radius 2 is 1.96 bits per heavy atom. The Balaban J connectivity index is 1.58. The summed E-state index contributed by atoms with van der Waals surface area (Å²) < 4.78 is 5.25. The smallest absolute Gasteiger partial charge is 0.246 e. The minimum absolute atomic E-state index is 0.373. The number of para-hydroxylation sites is 1. The second kappa shape index (κ2) is 7.02. The number of aromatic nitrogens is 2. The molecule has 0 fully saturated rings. The van der Waals surface area contributed by atoms with Gasteiger partial charge in [-0.25, -0.2) is 0 Å². The van der Waals surface area contributed by atoms with Crippen LogP contribution in [0.2, 0.25) is 0 Å². The van der Waals surface area contributed by atoms with Gasteiger partial charge in [0.15, 0.2) is 5.11 Å². The normalized spacial score (nSPS) is 10.3. The highest BCUT2D eigenvalue weighted by atomic mass is 32.1. The summed E-state index contributed by atoms with van der Waals surface area (Å²) in [7, 11) is 0. The Kier molecular flexibility index (Phi) is 4.63. The summed E-state index contributed by atoms with van der Waals surface area (Å²) in [6, 6.07) is 17.7. The molecular weight excluding hydrogens is 308 g/mol. The number of nitrogens with zero attached hydrogens (tertiary/aromatic N) is 2. The van der Waals surface area contributed by atoms with E-state index in [0.717, 1.165) is 16.8 Å². The lowest BCUT2D eigenvalue weighted by Gasteiger charge is -2.08. The zero-order valence-electron chi connectivity index (χ0n) is 12.6. The second-order valence-corrected chi connectivity index (χ2v) is 5.46. The largest absolute Gasteiger partial charge is 0.353 e. The lowest BCUT2D eigenvalue weighted by molar-refractivity contribution is 0.376. The van der Waals surface area contributed by atoms with Crippen molar-refractivity contribution in [3.8, 4) is 11.4 Å². The van der Waals surface area contributed by atoms with Crippen molar-refractivity contribution in [3.63, 3.8) is 0 Å². The highest BCUT2D eigenvalue weighted by Crippen LogP contribution is 2.16. The average molecular weight is 324 g/mol. The van der Waals surface area contributed by atoms with Crippen LogP contribution in [0.5, 0.6) is 0 Å². The fourth-order valence-electron chi connectivity index (χ4n) is 2.08. The Morgan fingerprint density at radius 1 is 1.13 bits per heavy atom. The Bertz CT molecular complexity index is 801. The quantitative estimate of drug-likeness (QED) is 0.716. The molecule has 116 valence electrons. The van der Waals surface area contributed by atoms with Gasteiger partial charge in [-0.2, -0.15) is 4.98 Å². The third kappa shape index (κ3) is 4.14. The molecule has 0 radical (unpaired) electrons. The van der Waals surface area contributed by atoms with Gasteiger partial charge in [0.2, 0.25) is 11.7 Å². The predicted octanol–water partition coefficient (Wildman–Crippen LogP) is 3.53.